The standard InChI is InChI=1S/C40H47Cl2FN4O5/c1-38(49,29-12-16-47(17-13-29)18-20-51-36-5-3-4-19-50-36)31-21-28(25-48)37(35(43)22-31)40(30-6-8-32(41)9-7-30,52-27-39(26-44)14-15-39)46(2)24-34-11-10-33(42)23-45-34/h6-11,21-23,25,29,36,49H,3-5,12-20,24,27H2,1-2H3. The van der Waals surface area contributed by atoms with E-state index in [-0.39, 0.29) is 36.5 Å². The van der Waals surface area contributed by atoms with Gasteiger partial charge in [-0.1, -0.05) is 35.3 Å². The molecule has 3 unspecified atom stereocenters. The molecule has 12 heteroatoms. The third kappa shape index (κ3) is 8.53. The van der Waals surface area contributed by atoms with Crippen LogP contribution in [0.15, 0.2) is 54.7 Å². The molecular weight excluding hydrogens is 706 g/mol. The Kier molecular flexibility index (Phi) is 12.4. The lowest BCUT2D eigenvalue weighted by molar-refractivity contribution is -0.165. The van der Waals surface area contributed by atoms with Gasteiger partial charge in [0.1, 0.15) is 5.82 Å². The number of piperidine rings is 1. The zero-order valence-corrected chi connectivity index (χ0v) is 31.3. The molecule has 2 aromatic carbocycles. The second kappa shape index (κ2) is 16.6. The van der Waals surface area contributed by atoms with Crippen LogP contribution in [0.3, 0.4) is 0 Å². The Hall–Kier alpha value is -2.98. The fraction of sp³-hybridized carbons (Fsp3) is 0.525. The molecule has 2 saturated heterocycles. The van der Waals surface area contributed by atoms with Crippen LogP contribution in [0.2, 0.25) is 10.0 Å². The van der Waals surface area contributed by atoms with Gasteiger partial charge in [0.2, 0.25) is 0 Å². The number of nitriles is 1. The van der Waals surface area contributed by atoms with Crippen molar-refractivity contribution in [1.82, 2.24) is 14.8 Å². The molecule has 278 valence electrons. The number of pyridine rings is 1. The van der Waals surface area contributed by atoms with Gasteiger partial charge in [-0.25, -0.2) is 4.39 Å². The first-order valence-electron chi connectivity index (χ1n) is 18.1. The lowest BCUT2D eigenvalue weighted by Gasteiger charge is -2.44. The van der Waals surface area contributed by atoms with Crippen molar-refractivity contribution >= 4 is 29.5 Å². The second-order valence-electron chi connectivity index (χ2n) is 14.6. The number of carbonyl (C=O) groups is 1. The van der Waals surface area contributed by atoms with E-state index in [9.17, 15) is 15.2 Å². The van der Waals surface area contributed by atoms with E-state index in [2.05, 4.69) is 16.0 Å². The summed E-state index contributed by atoms with van der Waals surface area (Å²) in [6.07, 6.45) is 7.81. The highest BCUT2D eigenvalue weighted by molar-refractivity contribution is 6.30. The van der Waals surface area contributed by atoms with Crippen LogP contribution < -0.4 is 0 Å². The summed E-state index contributed by atoms with van der Waals surface area (Å²) >= 11 is 12.4. The van der Waals surface area contributed by atoms with E-state index >= 15 is 4.39 Å². The van der Waals surface area contributed by atoms with E-state index in [0.717, 1.165) is 45.5 Å². The number of likely N-dealkylation sites (tertiary alicyclic amines) is 1. The number of nitrogens with zero attached hydrogens (tertiary/aromatic N) is 4. The summed E-state index contributed by atoms with van der Waals surface area (Å²) in [6.45, 7) is 5.48. The van der Waals surface area contributed by atoms with Crippen molar-refractivity contribution in [2.24, 2.45) is 11.3 Å². The molecule has 3 aliphatic rings. The normalized spacial score (nSPS) is 21.6. The Balaban J connectivity index is 1.31. The molecule has 1 saturated carbocycles. The van der Waals surface area contributed by atoms with Gasteiger partial charge in [-0.15, -0.1) is 0 Å². The molecule has 1 aliphatic carbocycles. The van der Waals surface area contributed by atoms with Gasteiger partial charge in [0.25, 0.3) is 0 Å². The van der Waals surface area contributed by atoms with Crippen LogP contribution in [0.1, 0.15) is 84.6 Å². The Morgan fingerprint density at radius 1 is 1.12 bits per heavy atom. The van der Waals surface area contributed by atoms with Gasteiger partial charge < -0.3 is 24.2 Å². The molecule has 6 rings (SSSR count). The maximum absolute atomic E-state index is 17.1. The van der Waals surface area contributed by atoms with Crippen molar-refractivity contribution in [1.29, 1.82) is 5.26 Å². The molecule has 1 N–H and O–H groups in total. The van der Waals surface area contributed by atoms with Crippen LogP contribution in [-0.4, -0.2) is 79.0 Å². The maximum atomic E-state index is 17.1. The van der Waals surface area contributed by atoms with Crippen LogP contribution in [0.4, 0.5) is 4.39 Å². The molecule has 1 aromatic heterocycles. The van der Waals surface area contributed by atoms with E-state index in [1.54, 1.807) is 61.3 Å². The summed E-state index contributed by atoms with van der Waals surface area (Å²) in [5, 5.41) is 23.0. The number of carbonyl (C=O) groups excluding carboxylic acids is 1. The number of aromatic nitrogens is 1. The van der Waals surface area contributed by atoms with E-state index < -0.39 is 22.6 Å². The fourth-order valence-corrected chi connectivity index (χ4v) is 7.75. The molecule has 3 aromatic rings. The van der Waals surface area contributed by atoms with E-state index in [4.69, 9.17) is 37.4 Å². The first-order valence-corrected chi connectivity index (χ1v) is 18.9. The van der Waals surface area contributed by atoms with Crippen LogP contribution in [0.25, 0.3) is 0 Å². The molecule has 3 heterocycles. The third-order valence-electron chi connectivity index (χ3n) is 11.0. The molecule has 0 bridgehead atoms. The van der Waals surface area contributed by atoms with E-state index in [1.807, 2.05) is 0 Å². The third-order valence-corrected chi connectivity index (χ3v) is 11.5. The summed E-state index contributed by atoms with van der Waals surface area (Å²) in [6, 6.07) is 15.6. The average molecular weight is 754 g/mol. The number of aliphatic hydroxyl groups is 1. The minimum Gasteiger partial charge on any atom is -0.385 e. The quantitative estimate of drug-likeness (QED) is 0.125. The van der Waals surface area contributed by atoms with Gasteiger partial charge in [-0.05, 0) is 120 Å². The van der Waals surface area contributed by atoms with Crippen molar-refractivity contribution in [2.75, 3.05) is 46.5 Å². The van der Waals surface area contributed by atoms with Gasteiger partial charge in [-0.3, -0.25) is 14.7 Å². The summed E-state index contributed by atoms with van der Waals surface area (Å²) in [5.74, 6) is -0.885. The number of rotatable bonds is 15. The number of benzene rings is 2. The smallest absolute Gasteiger partial charge is 0.177 e. The summed E-state index contributed by atoms with van der Waals surface area (Å²) < 4.78 is 35.5. The molecule has 3 fully saturated rings. The first-order chi connectivity index (χ1) is 25.0. The summed E-state index contributed by atoms with van der Waals surface area (Å²) in [4.78, 5) is 21.6. The molecule has 3 atom stereocenters. The highest BCUT2D eigenvalue weighted by Gasteiger charge is 2.50. The van der Waals surface area contributed by atoms with Gasteiger partial charge in [0.15, 0.2) is 18.3 Å². The van der Waals surface area contributed by atoms with Gasteiger partial charge >= 0.3 is 0 Å². The maximum Gasteiger partial charge on any atom is 0.177 e. The van der Waals surface area contributed by atoms with Crippen molar-refractivity contribution in [3.05, 3.63) is 98.5 Å². The fourth-order valence-electron chi connectivity index (χ4n) is 7.51. The highest BCUT2D eigenvalue weighted by atomic mass is 35.5. The van der Waals surface area contributed by atoms with E-state index in [1.165, 1.54) is 12.3 Å². The molecule has 52 heavy (non-hydrogen) atoms. The van der Waals surface area contributed by atoms with Crippen molar-refractivity contribution in [3.63, 3.8) is 0 Å². The first kappa shape index (κ1) is 38.7. The molecule has 0 amide bonds. The molecule has 0 spiro atoms. The minimum absolute atomic E-state index is 0.000981. The zero-order chi connectivity index (χ0) is 36.9. The Morgan fingerprint density at radius 2 is 1.85 bits per heavy atom. The lowest BCUT2D eigenvalue weighted by atomic mass is 9.76. The molecule has 9 nitrogen and oxygen atoms in total. The number of ether oxygens (including phenoxy) is 3. The van der Waals surface area contributed by atoms with E-state index in [0.29, 0.717) is 65.4 Å². The Bertz CT molecular complexity index is 1720. The summed E-state index contributed by atoms with van der Waals surface area (Å²) in [7, 11) is 1.76. The Labute approximate surface area is 315 Å². The second-order valence-corrected chi connectivity index (χ2v) is 15.5. The number of aldehydes is 1. The molecule has 2 aliphatic heterocycles. The van der Waals surface area contributed by atoms with Crippen LogP contribution >= 0.6 is 23.2 Å². The number of halogens is 3. The average Bonchev–Trinajstić information content (AvgIpc) is 3.94. The van der Waals surface area contributed by atoms with Crippen molar-refractivity contribution in [2.45, 2.75) is 76.0 Å². The largest absolute Gasteiger partial charge is 0.385 e. The van der Waals surface area contributed by atoms with Gasteiger partial charge in [0.05, 0.1) is 41.0 Å². The molecule has 0 radical (unpaired) electrons. The minimum atomic E-state index is -1.70. The van der Waals surface area contributed by atoms with Crippen molar-refractivity contribution < 1.29 is 28.5 Å². The predicted octanol–water partition coefficient (Wildman–Crippen LogP) is 7.46. The predicted molar refractivity (Wildman–Crippen MR) is 196 cm³/mol. The van der Waals surface area contributed by atoms with Crippen LogP contribution in [-0.2, 0) is 32.1 Å². The lowest BCUT2D eigenvalue weighted by Crippen LogP contribution is -2.49. The van der Waals surface area contributed by atoms with Crippen LogP contribution in [0.5, 0.6) is 0 Å². The molecular formula is C40H47Cl2FN4O5. The number of hydrogen-bond donors (Lipinski definition) is 1. The zero-order valence-electron chi connectivity index (χ0n) is 29.8. The van der Waals surface area contributed by atoms with Crippen molar-refractivity contribution in [3.8, 4) is 6.07 Å². The monoisotopic (exact) mass is 752 g/mol. The number of hydrogen-bond acceptors (Lipinski definition) is 9. The topological polar surface area (TPSA) is 108 Å². The Morgan fingerprint density at radius 3 is 2.46 bits per heavy atom. The summed E-state index contributed by atoms with van der Waals surface area (Å²) in [5.41, 5.74) is -2.37. The SMILES string of the molecule is CN(Cc1ccc(Cl)cn1)C(OCC1(C#N)CC1)(c1ccc(Cl)cc1)c1c(F)cc(C(C)(O)C2CCN(CCOC3CCCCO3)CC2)cc1C=O. The highest BCUT2D eigenvalue weighted by Crippen LogP contribution is 2.49. The van der Waals surface area contributed by atoms with Gasteiger partial charge in [0, 0.05) is 47.6 Å². The van der Waals surface area contributed by atoms with Crippen LogP contribution in [0, 0.1) is 28.5 Å². The van der Waals surface area contributed by atoms with Gasteiger partial charge in [-0.2, -0.15) is 5.26 Å².